The molecule has 0 unspecified atom stereocenters. The molecule has 0 rings (SSSR count). The smallest absolute Gasteiger partial charge is 0.333 e. The number of rotatable bonds is 5. The number of aliphatic carboxylic acids is 2. The highest BCUT2D eigenvalue weighted by molar-refractivity contribution is 5.80. The molecule has 0 aromatic rings. The molecule has 0 saturated carbocycles. The lowest BCUT2D eigenvalue weighted by atomic mass is 9.99. The second-order valence-electron chi connectivity index (χ2n) is 2.55. The molecule has 0 heterocycles. The predicted molar refractivity (Wildman–Crippen MR) is 44.2 cm³/mol. The number of hydrogen-bond donors (Lipinski definition) is 3. The SMILES string of the molecule is CC[C@H](C=CC(=O)O)[C@@H](O)C(=O)O. The zero-order valence-electron chi connectivity index (χ0n) is 7.17. The summed E-state index contributed by atoms with van der Waals surface area (Å²) in [6.45, 7) is 1.67. The number of carboxylic acid groups (broad SMARTS) is 2. The van der Waals surface area contributed by atoms with Crippen molar-refractivity contribution in [1.82, 2.24) is 0 Å². The van der Waals surface area contributed by atoms with Crippen molar-refractivity contribution in [1.29, 1.82) is 0 Å². The van der Waals surface area contributed by atoms with E-state index in [1.165, 1.54) is 6.08 Å². The molecule has 0 amide bonds. The summed E-state index contributed by atoms with van der Waals surface area (Å²) in [6, 6.07) is 0. The van der Waals surface area contributed by atoms with Crippen LogP contribution in [0, 0.1) is 5.92 Å². The first-order chi connectivity index (χ1) is 5.99. The molecule has 0 fully saturated rings. The van der Waals surface area contributed by atoms with E-state index >= 15 is 0 Å². The second-order valence-corrected chi connectivity index (χ2v) is 2.55. The van der Waals surface area contributed by atoms with Gasteiger partial charge in [0.15, 0.2) is 6.10 Å². The highest BCUT2D eigenvalue weighted by Crippen LogP contribution is 2.10. The van der Waals surface area contributed by atoms with Crippen molar-refractivity contribution in [3.05, 3.63) is 12.2 Å². The van der Waals surface area contributed by atoms with Gasteiger partial charge in [0.1, 0.15) is 0 Å². The number of carbonyl (C=O) groups is 2. The van der Waals surface area contributed by atoms with Crippen molar-refractivity contribution in [2.75, 3.05) is 0 Å². The van der Waals surface area contributed by atoms with E-state index in [-0.39, 0.29) is 0 Å². The number of aliphatic hydroxyl groups excluding tert-OH is 1. The molecular weight excluding hydrogens is 176 g/mol. The van der Waals surface area contributed by atoms with Gasteiger partial charge in [0, 0.05) is 12.0 Å². The molecular formula is C8H12O5. The molecule has 3 N–H and O–H groups in total. The van der Waals surface area contributed by atoms with E-state index < -0.39 is 24.0 Å². The van der Waals surface area contributed by atoms with Gasteiger partial charge in [0.05, 0.1) is 0 Å². The van der Waals surface area contributed by atoms with Crippen molar-refractivity contribution >= 4 is 11.9 Å². The van der Waals surface area contributed by atoms with Crippen molar-refractivity contribution in [3.63, 3.8) is 0 Å². The summed E-state index contributed by atoms with van der Waals surface area (Å²) in [6.07, 6.45) is 0.846. The molecule has 2 atom stereocenters. The second kappa shape index (κ2) is 5.31. The van der Waals surface area contributed by atoms with E-state index in [1.807, 2.05) is 0 Å². The van der Waals surface area contributed by atoms with Crippen molar-refractivity contribution in [3.8, 4) is 0 Å². The lowest BCUT2D eigenvalue weighted by Gasteiger charge is -2.12. The van der Waals surface area contributed by atoms with Crippen LogP contribution in [-0.4, -0.2) is 33.4 Å². The Morgan fingerprint density at radius 1 is 1.38 bits per heavy atom. The van der Waals surface area contributed by atoms with Crippen LogP contribution in [0.1, 0.15) is 13.3 Å². The highest BCUT2D eigenvalue weighted by atomic mass is 16.4. The van der Waals surface area contributed by atoms with Gasteiger partial charge in [-0.1, -0.05) is 13.0 Å². The third kappa shape index (κ3) is 4.27. The Labute approximate surface area is 75.3 Å². The number of carboxylic acids is 2. The van der Waals surface area contributed by atoms with E-state index in [2.05, 4.69) is 0 Å². The Balaban J connectivity index is 4.34. The molecule has 0 spiro atoms. The fourth-order valence-electron chi connectivity index (χ4n) is 0.854. The molecule has 0 bridgehead atoms. The maximum Gasteiger partial charge on any atom is 0.333 e. The Hall–Kier alpha value is -1.36. The van der Waals surface area contributed by atoms with E-state index in [0.717, 1.165) is 6.08 Å². The molecule has 5 nitrogen and oxygen atoms in total. The molecule has 0 aromatic carbocycles. The molecule has 13 heavy (non-hydrogen) atoms. The fourth-order valence-corrected chi connectivity index (χ4v) is 0.854. The van der Waals surface area contributed by atoms with Gasteiger partial charge in [-0.3, -0.25) is 0 Å². The molecule has 5 heteroatoms. The molecule has 0 aromatic heterocycles. The van der Waals surface area contributed by atoms with Crippen molar-refractivity contribution < 1.29 is 24.9 Å². The van der Waals surface area contributed by atoms with E-state index in [1.54, 1.807) is 6.92 Å². The van der Waals surface area contributed by atoms with E-state index in [4.69, 9.17) is 15.3 Å². The average molecular weight is 188 g/mol. The van der Waals surface area contributed by atoms with Crippen LogP contribution in [0.25, 0.3) is 0 Å². The average Bonchev–Trinajstić information content (AvgIpc) is 2.04. The van der Waals surface area contributed by atoms with Crippen molar-refractivity contribution in [2.24, 2.45) is 5.92 Å². The van der Waals surface area contributed by atoms with Gasteiger partial charge in [-0.15, -0.1) is 0 Å². The topological polar surface area (TPSA) is 94.8 Å². The van der Waals surface area contributed by atoms with E-state index in [9.17, 15) is 9.59 Å². The quantitative estimate of drug-likeness (QED) is 0.532. The van der Waals surface area contributed by atoms with Crippen LogP contribution < -0.4 is 0 Å². The maximum atomic E-state index is 10.3. The summed E-state index contributed by atoms with van der Waals surface area (Å²) >= 11 is 0. The van der Waals surface area contributed by atoms with Gasteiger partial charge in [-0.25, -0.2) is 9.59 Å². The van der Waals surface area contributed by atoms with Gasteiger partial charge < -0.3 is 15.3 Å². The van der Waals surface area contributed by atoms with Gasteiger partial charge in [-0.05, 0) is 6.42 Å². The zero-order chi connectivity index (χ0) is 10.4. The lowest BCUT2D eigenvalue weighted by Crippen LogP contribution is -2.27. The number of aliphatic hydroxyl groups is 1. The Kier molecular flexibility index (Phi) is 4.76. The molecule has 74 valence electrons. The molecule has 0 saturated heterocycles. The first-order valence-electron chi connectivity index (χ1n) is 3.81. The van der Waals surface area contributed by atoms with Gasteiger partial charge in [0.25, 0.3) is 0 Å². The van der Waals surface area contributed by atoms with Crippen LogP contribution in [0.3, 0.4) is 0 Å². The zero-order valence-corrected chi connectivity index (χ0v) is 7.17. The van der Waals surface area contributed by atoms with Crippen LogP contribution in [0.2, 0.25) is 0 Å². The third-order valence-electron chi connectivity index (χ3n) is 1.62. The summed E-state index contributed by atoms with van der Waals surface area (Å²) in [4.78, 5) is 20.4. The molecule has 0 aliphatic carbocycles. The first kappa shape index (κ1) is 11.6. The summed E-state index contributed by atoms with van der Waals surface area (Å²) in [5.41, 5.74) is 0. The Bertz CT molecular complexity index is 221. The van der Waals surface area contributed by atoms with Crippen LogP contribution in [0.15, 0.2) is 12.2 Å². The summed E-state index contributed by atoms with van der Waals surface area (Å²) < 4.78 is 0. The van der Waals surface area contributed by atoms with Crippen LogP contribution in [0.4, 0.5) is 0 Å². The lowest BCUT2D eigenvalue weighted by molar-refractivity contribution is -0.148. The minimum Gasteiger partial charge on any atom is -0.479 e. The molecule has 0 radical (unpaired) electrons. The summed E-state index contributed by atoms with van der Waals surface area (Å²) in [5.74, 6) is -3.16. The summed E-state index contributed by atoms with van der Waals surface area (Å²) in [5, 5.41) is 25.7. The van der Waals surface area contributed by atoms with E-state index in [0.29, 0.717) is 6.42 Å². The summed E-state index contributed by atoms with van der Waals surface area (Å²) in [7, 11) is 0. The van der Waals surface area contributed by atoms with Crippen LogP contribution in [-0.2, 0) is 9.59 Å². The maximum absolute atomic E-state index is 10.3. The normalized spacial score (nSPS) is 15.5. The van der Waals surface area contributed by atoms with Crippen LogP contribution in [0.5, 0.6) is 0 Å². The fraction of sp³-hybridized carbons (Fsp3) is 0.500. The predicted octanol–water partition coefficient (Wildman–Crippen LogP) is 0.0989. The number of hydrogen-bond acceptors (Lipinski definition) is 3. The van der Waals surface area contributed by atoms with Crippen molar-refractivity contribution in [2.45, 2.75) is 19.4 Å². The monoisotopic (exact) mass is 188 g/mol. The third-order valence-corrected chi connectivity index (χ3v) is 1.62. The van der Waals surface area contributed by atoms with Gasteiger partial charge >= 0.3 is 11.9 Å². The Morgan fingerprint density at radius 3 is 2.23 bits per heavy atom. The largest absolute Gasteiger partial charge is 0.479 e. The minimum absolute atomic E-state index is 0.372. The molecule has 0 aliphatic rings. The first-order valence-corrected chi connectivity index (χ1v) is 3.81. The van der Waals surface area contributed by atoms with Crippen LogP contribution >= 0.6 is 0 Å². The van der Waals surface area contributed by atoms with Gasteiger partial charge in [0.2, 0.25) is 0 Å². The highest BCUT2D eigenvalue weighted by Gasteiger charge is 2.21. The minimum atomic E-state index is -1.54. The van der Waals surface area contributed by atoms with Gasteiger partial charge in [-0.2, -0.15) is 0 Å². The standard InChI is InChI=1S/C8H12O5/c1-2-5(3-4-6(9)10)7(11)8(12)13/h3-5,7,11H,2H2,1H3,(H,9,10)(H,12,13)/t5-,7-/m1/s1. The molecule has 0 aliphatic heterocycles. The Morgan fingerprint density at radius 2 is 1.92 bits per heavy atom.